The van der Waals surface area contributed by atoms with Crippen LogP contribution in [0.5, 0.6) is 0 Å². The number of hydrogen-bond donors (Lipinski definition) is 2. The fraction of sp³-hybridized carbons (Fsp3) is 0.667. The Labute approximate surface area is 113 Å². The van der Waals surface area contributed by atoms with E-state index in [9.17, 15) is 8.42 Å². The van der Waals surface area contributed by atoms with Gasteiger partial charge in [-0.15, -0.1) is 0 Å². The quantitative estimate of drug-likeness (QED) is 0.842. The largest absolute Gasteiger partial charge is 0.468 e. The fourth-order valence-corrected chi connectivity index (χ4v) is 3.78. The highest BCUT2D eigenvalue weighted by Gasteiger charge is 2.30. The number of nitrogens with zero attached hydrogens (tertiary/aromatic N) is 1. The SMILES string of the molecule is CC(NS(=O)(=O)N1CCCC(CO)C1)c1ccco1. The number of rotatable bonds is 5. The Bertz CT molecular complexity index is 486. The number of nitrogens with one attached hydrogen (secondary N) is 1. The number of hydrogen-bond acceptors (Lipinski definition) is 4. The molecule has 0 aromatic carbocycles. The first-order valence-electron chi connectivity index (χ1n) is 6.44. The third-order valence-electron chi connectivity index (χ3n) is 3.38. The van der Waals surface area contributed by atoms with Crippen LogP contribution in [0.3, 0.4) is 0 Å². The lowest BCUT2D eigenvalue weighted by Crippen LogP contribution is -2.47. The summed E-state index contributed by atoms with van der Waals surface area (Å²) in [7, 11) is -3.54. The van der Waals surface area contributed by atoms with Gasteiger partial charge in [0.25, 0.3) is 10.2 Å². The predicted octanol–water partition coefficient (Wildman–Crippen LogP) is 0.879. The molecule has 2 atom stereocenters. The van der Waals surface area contributed by atoms with E-state index in [1.165, 1.54) is 10.6 Å². The molecule has 0 bridgehead atoms. The van der Waals surface area contributed by atoms with Crippen LogP contribution in [0.1, 0.15) is 31.6 Å². The minimum absolute atomic E-state index is 0.0275. The van der Waals surface area contributed by atoms with E-state index in [1.807, 2.05) is 0 Å². The van der Waals surface area contributed by atoms with Crippen molar-refractivity contribution in [2.75, 3.05) is 19.7 Å². The molecule has 19 heavy (non-hydrogen) atoms. The molecule has 1 saturated heterocycles. The van der Waals surface area contributed by atoms with Gasteiger partial charge in [0.15, 0.2) is 0 Å². The van der Waals surface area contributed by atoms with Crippen molar-refractivity contribution < 1.29 is 17.9 Å². The van der Waals surface area contributed by atoms with Crippen molar-refractivity contribution in [3.63, 3.8) is 0 Å². The number of furan rings is 1. The molecule has 6 nitrogen and oxygen atoms in total. The molecule has 1 fully saturated rings. The topological polar surface area (TPSA) is 82.8 Å². The van der Waals surface area contributed by atoms with Gasteiger partial charge in [-0.05, 0) is 37.8 Å². The van der Waals surface area contributed by atoms with Crippen LogP contribution in [0.15, 0.2) is 22.8 Å². The number of aliphatic hydroxyl groups is 1. The second-order valence-electron chi connectivity index (χ2n) is 4.91. The van der Waals surface area contributed by atoms with E-state index in [4.69, 9.17) is 9.52 Å². The summed E-state index contributed by atoms with van der Waals surface area (Å²) < 4.78 is 33.7. The Balaban J connectivity index is 2.01. The Morgan fingerprint density at radius 1 is 1.63 bits per heavy atom. The van der Waals surface area contributed by atoms with Gasteiger partial charge in [-0.1, -0.05) is 0 Å². The molecular formula is C12H20N2O4S. The van der Waals surface area contributed by atoms with Crippen LogP contribution in [0, 0.1) is 5.92 Å². The zero-order valence-corrected chi connectivity index (χ0v) is 11.8. The molecule has 0 aliphatic carbocycles. The molecule has 2 N–H and O–H groups in total. The molecule has 0 spiro atoms. The summed E-state index contributed by atoms with van der Waals surface area (Å²) in [6.07, 6.45) is 3.17. The van der Waals surface area contributed by atoms with E-state index >= 15 is 0 Å². The van der Waals surface area contributed by atoms with Crippen molar-refractivity contribution in [2.24, 2.45) is 5.92 Å². The van der Waals surface area contributed by atoms with E-state index in [0.717, 1.165) is 12.8 Å². The van der Waals surface area contributed by atoms with Gasteiger partial charge < -0.3 is 9.52 Å². The molecule has 2 rings (SSSR count). The van der Waals surface area contributed by atoms with Gasteiger partial charge >= 0.3 is 0 Å². The van der Waals surface area contributed by atoms with E-state index in [0.29, 0.717) is 18.8 Å². The first-order chi connectivity index (χ1) is 9.03. The van der Waals surface area contributed by atoms with Crippen molar-refractivity contribution in [3.05, 3.63) is 24.2 Å². The minimum Gasteiger partial charge on any atom is -0.468 e. The van der Waals surface area contributed by atoms with Gasteiger partial charge in [0.2, 0.25) is 0 Å². The number of piperidine rings is 1. The summed E-state index contributed by atoms with van der Waals surface area (Å²) in [5.41, 5.74) is 0. The van der Waals surface area contributed by atoms with Gasteiger partial charge in [0.1, 0.15) is 5.76 Å². The van der Waals surface area contributed by atoms with E-state index in [1.54, 1.807) is 19.1 Å². The summed E-state index contributed by atoms with van der Waals surface area (Å²) in [4.78, 5) is 0. The standard InChI is InChI=1S/C12H20N2O4S/c1-10(12-5-3-7-18-12)13-19(16,17)14-6-2-4-11(8-14)9-15/h3,5,7,10-11,13,15H,2,4,6,8-9H2,1H3. The molecule has 2 heterocycles. The summed E-state index contributed by atoms with van der Waals surface area (Å²) in [5.74, 6) is 0.614. The summed E-state index contributed by atoms with van der Waals surface area (Å²) >= 11 is 0. The maximum atomic E-state index is 12.2. The average molecular weight is 288 g/mol. The monoisotopic (exact) mass is 288 g/mol. The second kappa shape index (κ2) is 6.04. The Morgan fingerprint density at radius 3 is 3.05 bits per heavy atom. The molecule has 108 valence electrons. The first kappa shape index (κ1) is 14.5. The highest BCUT2D eigenvalue weighted by Crippen LogP contribution is 2.20. The van der Waals surface area contributed by atoms with Gasteiger partial charge in [-0.2, -0.15) is 17.4 Å². The van der Waals surface area contributed by atoms with Crippen LogP contribution in [0.25, 0.3) is 0 Å². The number of aliphatic hydroxyl groups excluding tert-OH is 1. The fourth-order valence-electron chi connectivity index (χ4n) is 2.29. The van der Waals surface area contributed by atoms with Crippen molar-refractivity contribution in [1.82, 2.24) is 9.03 Å². The maximum Gasteiger partial charge on any atom is 0.280 e. The Hall–Kier alpha value is -0.890. The van der Waals surface area contributed by atoms with Gasteiger partial charge in [-0.3, -0.25) is 0 Å². The molecule has 0 saturated carbocycles. The van der Waals surface area contributed by atoms with Crippen LogP contribution in [-0.2, 0) is 10.2 Å². The van der Waals surface area contributed by atoms with E-state index in [-0.39, 0.29) is 12.5 Å². The van der Waals surface area contributed by atoms with Crippen molar-refractivity contribution in [1.29, 1.82) is 0 Å². The Morgan fingerprint density at radius 2 is 2.42 bits per heavy atom. The van der Waals surface area contributed by atoms with Crippen LogP contribution < -0.4 is 4.72 Å². The third-order valence-corrected chi connectivity index (χ3v) is 5.04. The molecule has 1 aliphatic rings. The molecule has 0 radical (unpaired) electrons. The summed E-state index contributed by atoms with van der Waals surface area (Å²) in [5, 5.41) is 9.15. The maximum absolute atomic E-state index is 12.2. The lowest BCUT2D eigenvalue weighted by Gasteiger charge is -2.31. The van der Waals surface area contributed by atoms with Gasteiger partial charge in [-0.25, -0.2) is 0 Å². The Kier molecular flexibility index (Phi) is 4.62. The molecule has 1 aliphatic heterocycles. The molecule has 2 unspecified atom stereocenters. The van der Waals surface area contributed by atoms with Crippen molar-refractivity contribution >= 4 is 10.2 Å². The van der Waals surface area contributed by atoms with Crippen LogP contribution >= 0.6 is 0 Å². The highest BCUT2D eigenvalue weighted by molar-refractivity contribution is 7.87. The van der Waals surface area contributed by atoms with Crippen LogP contribution in [-0.4, -0.2) is 37.5 Å². The summed E-state index contributed by atoms with van der Waals surface area (Å²) in [6, 6.07) is 3.05. The van der Waals surface area contributed by atoms with Crippen molar-refractivity contribution in [2.45, 2.75) is 25.8 Å². The normalized spacial score (nSPS) is 23.4. The zero-order valence-electron chi connectivity index (χ0n) is 10.9. The average Bonchev–Trinajstić information content (AvgIpc) is 2.92. The molecular weight excluding hydrogens is 268 g/mol. The predicted molar refractivity (Wildman–Crippen MR) is 70.6 cm³/mol. The summed E-state index contributed by atoms with van der Waals surface area (Å²) in [6.45, 7) is 2.64. The molecule has 1 aromatic rings. The second-order valence-corrected chi connectivity index (χ2v) is 6.61. The van der Waals surface area contributed by atoms with E-state index in [2.05, 4.69) is 4.72 Å². The van der Waals surface area contributed by atoms with Gasteiger partial charge in [0, 0.05) is 19.7 Å². The van der Waals surface area contributed by atoms with Crippen LogP contribution in [0.4, 0.5) is 0 Å². The molecule has 7 heteroatoms. The van der Waals surface area contributed by atoms with Crippen molar-refractivity contribution in [3.8, 4) is 0 Å². The van der Waals surface area contributed by atoms with Gasteiger partial charge in [0.05, 0.1) is 12.3 Å². The van der Waals surface area contributed by atoms with E-state index < -0.39 is 16.3 Å². The first-order valence-corrected chi connectivity index (χ1v) is 7.88. The lowest BCUT2D eigenvalue weighted by atomic mass is 10.0. The van der Waals surface area contributed by atoms with Crippen LogP contribution in [0.2, 0.25) is 0 Å². The smallest absolute Gasteiger partial charge is 0.280 e. The third kappa shape index (κ3) is 3.56. The lowest BCUT2D eigenvalue weighted by molar-refractivity contribution is 0.164. The molecule has 1 aromatic heterocycles. The zero-order chi connectivity index (χ0) is 13.9. The highest BCUT2D eigenvalue weighted by atomic mass is 32.2. The minimum atomic E-state index is -3.54. The molecule has 0 amide bonds.